The van der Waals surface area contributed by atoms with Crippen molar-refractivity contribution in [2.75, 3.05) is 17.3 Å². The lowest BCUT2D eigenvalue weighted by molar-refractivity contribution is -0.119. The normalized spacial score (nSPS) is 15.7. The molecule has 0 radical (unpaired) electrons. The molecule has 4 rings (SSSR count). The second-order valence-corrected chi connectivity index (χ2v) is 7.31. The highest BCUT2D eigenvalue weighted by atomic mass is 16.2. The maximum absolute atomic E-state index is 13.2. The van der Waals surface area contributed by atoms with Crippen LogP contribution >= 0.6 is 0 Å². The second kappa shape index (κ2) is 8.25. The number of hydrogen-bond donors (Lipinski definition) is 2. The van der Waals surface area contributed by atoms with E-state index in [9.17, 15) is 9.59 Å². The molecule has 1 heterocycles. The lowest BCUT2D eigenvalue weighted by Crippen LogP contribution is -2.47. The predicted octanol–water partition coefficient (Wildman–Crippen LogP) is 4.59. The number of amides is 3. The molecular weight excluding hydrogens is 374 g/mol. The molecule has 5 nitrogen and oxygen atoms in total. The van der Waals surface area contributed by atoms with E-state index >= 15 is 0 Å². The van der Waals surface area contributed by atoms with Gasteiger partial charge in [0.2, 0.25) is 0 Å². The first-order valence-corrected chi connectivity index (χ1v) is 9.81. The summed E-state index contributed by atoms with van der Waals surface area (Å²) in [5, 5.41) is 5.64. The molecule has 0 aromatic heterocycles. The number of carbonyl (C=O) groups is 2. The zero-order chi connectivity index (χ0) is 21.1. The molecule has 0 fully saturated rings. The van der Waals surface area contributed by atoms with E-state index in [1.807, 2.05) is 91.9 Å². The van der Waals surface area contributed by atoms with Crippen LogP contribution in [0.1, 0.15) is 16.7 Å². The van der Waals surface area contributed by atoms with Gasteiger partial charge < -0.3 is 15.5 Å². The molecule has 5 heteroatoms. The number of urea groups is 1. The van der Waals surface area contributed by atoms with Gasteiger partial charge in [0.05, 0.1) is 5.69 Å². The smallest absolute Gasteiger partial charge is 0.320 e. The van der Waals surface area contributed by atoms with Crippen molar-refractivity contribution in [1.82, 2.24) is 5.32 Å². The van der Waals surface area contributed by atoms with Crippen LogP contribution in [0.2, 0.25) is 0 Å². The van der Waals surface area contributed by atoms with E-state index in [0.29, 0.717) is 5.69 Å². The fourth-order valence-corrected chi connectivity index (χ4v) is 3.65. The number of anilines is 2. The first-order valence-electron chi connectivity index (χ1n) is 9.81. The molecule has 1 atom stereocenters. The van der Waals surface area contributed by atoms with Gasteiger partial charge in [-0.2, -0.15) is 0 Å². The van der Waals surface area contributed by atoms with Crippen molar-refractivity contribution in [3.05, 3.63) is 102 Å². The molecule has 2 N–H and O–H groups in total. The minimum atomic E-state index is -0.803. The van der Waals surface area contributed by atoms with E-state index in [1.54, 1.807) is 11.9 Å². The van der Waals surface area contributed by atoms with Crippen molar-refractivity contribution in [1.29, 1.82) is 0 Å². The molecule has 1 aliphatic heterocycles. The molecule has 0 aliphatic carbocycles. The summed E-state index contributed by atoms with van der Waals surface area (Å²) < 4.78 is 0. The number of likely N-dealkylation sites (N-methyl/N-ethyl adjacent to an activating group) is 1. The van der Waals surface area contributed by atoms with Gasteiger partial charge >= 0.3 is 6.03 Å². The van der Waals surface area contributed by atoms with E-state index in [-0.39, 0.29) is 5.91 Å². The molecule has 30 heavy (non-hydrogen) atoms. The van der Waals surface area contributed by atoms with Gasteiger partial charge in [0, 0.05) is 18.3 Å². The van der Waals surface area contributed by atoms with Gasteiger partial charge in [-0.15, -0.1) is 0 Å². The summed E-state index contributed by atoms with van der Waals surface area (Å²) in [6.45, 7) is 1.96. The Morgan fingerprint density at radius 2 is 1.67 bits per heavy atom. The highest BCUT2D eigenvalue weighted by Gasteiger charge is 2.29. The van der Waals surface area contributed by atoms with Crippen LogP contribution in [0, 0.1) is 6.92 Å². The fraction of sp³-hybridized carbons (Fsp3) is 0.120. The van der Waals surface area contributed by atoms with Gasteiger partial charge in [-0.3, -0.25) is 4.79 Å². The minimum Gasteiger partial charge on any atom is -0.323 e. The van der Waals surface area contributed by atoms with E-state index in [1.165, 1.54) is 0 Å². The Morgan fingerprint density at radius 1 is 0.933 bits per heavy atom. The van der Waals surface area contributed by atoms with Gasteiger partial charge in [0.15, 0.2) is 0 Å². The van der Waals surface area contributed by atoms with Crippen molar-refractivity contribution >= 4 is 28.9 Å². The van der Waals surface area contributed by atoms with Crippen molar-refractivity contribution in [3.63, 3.8) is 0 Å². The Hall–Kier alpha value is -3.86. The Bertz CT molecular complexity index is 1120. The number of nitrogens with one attached hydrogen (secondary N) is 2. The first-order chi connectivity index (χ1) is 14.5. The minimum absolute atomic E-state index is 0.201. The molecular formula is C25H23N3O2. The van der Waals surface area contributed by atoms with Crippen LogP contribution in [0.4, 0.5) is 16.2 Å². The summed E-state index contributed by atoms with van der Waals surface area (Å²) in [4.78, 5) is 27.4. The first kappa shape index (κ1) is 19.5. The average molecular weight is 397 g/mol. The Labute approximate surface area is 176 Å². The zero-order valence-corrected chi connectivity index (χ0v) is 16.9. The number of rotatable bonds is 3. The quantitative estimate of drug-likeness (QED) is 0.679. The molecule has 1 aliphatic rings. The van der Waals surface area contributed by atoms with Crippen LogP contribution in [0.25, 0.3) is 5.57 Å². The summed E-state index contributed by atoms with van der Waals surface area (Å²) >= 11 is 0. The van der Waals surface area contributed by atoms with Crippen molar-refractivity contribution in [2.24, 2.45) is 0 Å². The third kappa shape index (κ3) is 3.96. The molecule has 0 bridgehead atoms. The number of fused-ring (bicyclic) bond motifs is 1. The number of aryl methyl sites for hydroxylation is 1. The molecule has 3 aromatic rings. The number of benzene rings is 3. The van der Waals surface area contributed by atoms with E-state index in [4.69, 9.17) is 0 Å². The van der Waals surface area contributed by atoms with Gasteiger partial charge in [0.1, 0.15) is 6.04 Å². The van der Waals surface area contributed by atoms with Crippen LogP contribution in [0.15, 0.2) is 84.9 Å². The highest BCUT2D eigenvalue weighted by molar-refractivity contribution is 6.07. The van der Waals surface area contributed by atoms with Gasteiger partial charge in [0.25, 0.3) is 5.91 Å². The molecule has 0 spiro atoms. The van der Waals surface area contributed by atoms with Crippen molar-refractivity contribution in [2.45, 2.75) is 13.0 Å². The molecule has 3 amide bonds. The van der Waals surface area contributed by atoms with Crippen molar-refractivity contribution < 1.29 is 9.59 Å². The standard InChI is InChI=1S/C25H23N3O2/c1-17-9-8-12-19(15-17)26-25(30)27-22-16-21(18-10-4-3-5-11-18)20-13-6-7-14-23(20)28(2)24(22)29/h3-16,22H,1-2H3,(H2,26,27,30). The third-order valence-corrected chi connectivity index (χ3v) is 5.13. The monoisotopic (exact) mass is 397 g/mol. The second-order valence-electron chi connectivity index (χ2n) is 7.31. The van der Waals surface area contributed by atoms with E-state index < -0.39 is 12.1 Å². The lowest BCUT2D eigenvalue weighted by Gasteiger charge is -2.22. The Morgan fingerprint density at radius 3 is 2.43 bits per heavy atom. The number of hydrogen-bond acceptors (Lipinski definition) is 2. The number of para-hydroxylation sites is 1. The Kier molecular flexibility index (Phi) is 5.35. The summed E-state index contributed by atoms with van der Waals surface area (Å²) in [5.41, 5.74) is 5.37. The number of nitrogens with zero attached hydrogens (tertiary/aromatic N) is 1. The molecule has 150 valence electrons. The van der Waals surface area contributed by atoms with E-state index in [2.05, 4.69) is 10.6 Å². The van der Waals surface area contributed by atoms with Gasteiger partial charge in [-0.05, 0) is 47.9 Å². The van der Waals surface area contributed by atoms with Crippen LogP contribution < -0.4 is 15.5 Å². The third-order valence-electron chi connectivity index (χ3n) is 5.13. The molecule has 1 unspecified atom stereocenters. The van der Waals surface area contributed by atoms with Crippen LogP contribution in [0.5, 0.6) is 0 Å². The summed E-state index contributed by atoms with van der Waals surface area (Å²) in [7, 11) is 1.73. The predicted molar refractivity (Wildman–Crippen MR) is 120 cm³/mol. The van der Waals surface area contributed by atoms with Crippen LogP contribution in [0.3, 0.4) is 0 Å². The van der Waals surface area contributed by atoms with Gasteiger partial charge in [-0.25, -0.2) is 4.79 Å². The lowest BCUT2D eigenvalue weighted by atomic mass is 9.95. The highest BCUT2D eigenvalue weighted by Crippen LogP contribution is 2.34. The fourth-order valence-electron chi connectivity index (χ4n) is 3.65. The molecule has 0 saturated heterocycles. The topological polar surface area (TPSA) is 61.4 Å². The zero-order valence-electron chi connectivity index (χ0n) is 16.9. The molecule has 3 aromatic carbocycles. The van der Waals surface area contributed by atoms with E-state index in [0.717, 1.165) is 28.0 Å². The maximum atomic E-state index is 13.2. The summed E-state index contributed by atoms with van der Waals surface area (Å²) in [6.07, 6.45) is 1.83. The van der Waals surface area contributed by atoms with Crippen LogP contribution in [-0.2, 0) is 4.79 Å². The van der Waals surface area contributed by atoms with Gasteiger partial charge in [-0.1, -0.05) is 60.7 Å². The van der Waals surface area contributed by atoms with Crippen molar-refractivity contribution in [3.8, 4) is 0 Å². The SMILES string of the molecule is Cc1cccc(NC(=O)NC2C=C(c3ccccc3)c3ccccc3N(C)C2=O)c1. The average Bonchev–Trinajstić information content (AvgIpc) is 2.85. The largest absolute Gasteiger partial charge is 0.323 e. The Balaban J connectivity index is 1.69. The maximum Gasteiger partial charge on any atom is 0.320 e. The number of carbonyl (C=O) groups excluding carboxylic acids is 2. The summed E-state index contributed by atoms with van der Waals surface area (Å²) in [5.74, 6) is -0.201. The molecule has 0 saturated carbocycles. The van der Waals surface area contributed by atoms with Crippen LogP contribution in [-0.4, -0.2) is 25.0 Å². The summed E-state index contributed by atoms with van der Waals surface area (Å²) in [6, 6.07) is 23.9.